The lowest BCUT2D eigenvalue weighted by molar-refractivity contribution is -0.137. The molecule has 2 rings (SSSR count). The van der Waals surface area contributed by atoms with Crippen LogP contribution in [-0.4, -0.2) is 61.1 Å². The van der Waals surface area contributed by atoms with Crippen molar-refractivity contribution in [1.82, 2.24) is 9.21 Å². The molecule has 0 radical (unpaired) electrons. The molecule has 1 aliphatic heterocycles. The maximum Gasteiger partial charge on any atom is 0.417 e. The molecule has 1 aromatic carbocycles. The molecule has 1 heterocycles. The van der Waals surface area contributed by atoms with Gasteiger partial charge in [-0.05, 0) is 31.5 Å². The first-order valence-corrected chi connectivity index (χ1v) is 10.1. The van der Waals surface area contributed by atoms with E-state index in [0.29, 0.717) is 25.6 Å². The molecule has 0 spiro atoms. The molecular formula is C16H22ClF3N2O3S. The minimum absolute atomic E-state index is 0.109. The van der Waals surface area contributed by atoms with Crippen LogP contribution in [0.1, 0.15) is 25.8 Å². The minimum atomic E-state index is -4.73. The fourth-order valence-corrected chi connectivity index (χ4v) is 4.80. The molecule has 1 aromatic rings. The SMILES string of the molecule is CC[C@H]1CN(S(=O)(=O)c2ccc(Cl)c(C(F)(F)F)c2)CCN1C[C@H](C)O. The van der Waals surface area contributed by atoms with Gasteiger partial charge >= 0.3 is 6.18 Å². The van der Waals surface area contributed by atoms with Crippen LogP contribution in [0, 0.1) is 0 Å². The summed E-state index contributed by atoms with van der Waals surface area (Å²) < 4.78 is 65.9. The summed E-state index contributed by atoms with van der Waals surface area (Å²) in [7, 11) is -4.07. The first-order valence-electron chi connectivity index (χ1n) is 8.25. The zero-order chi connectivity index (χ0) is 19.7. The largest absolute Gasteiger partial charge is 0.417 e. The Morgan fingerprint density at radius 2 is 2.00 bits per heavy atom. The van der Waals surface area contributed by atoms with Gasteiger partial charge in [0.1, 0.15) is 0 Å². The summed E-state index contributed by atoms with van der Waals surface area (Å²) in [5.41, 5.74) is -1.17. The van der Waals surface area contributed by atoms with E-state index in [-0.39, 0.29) is 19.1 Å². The Hall–Kier alpha value is -0.870. The third kappa shape index (κ3) is 4.69. The Balaban J connectivity index is 2.28. The van der Waals surface area contributed by atoms with Crippen molar-refractivity contribution in [2.75, 3.05) is 26.2 Å². The van der Waals surface area contributed by atoms with Gasteiger partial charge in [-0.2, -0.15) is 17.5 Å². The van der Waals surface area contributed by atoms with Gasteiger partial charge in [-0.15, -0.1) is 0 Å². The lowest BCUT2D eigenvalue weighted by Crippen LogP contribution is -2.55. The van der Waals surface area contributed by atoms with Crippen molar-refractivity contribution < 1.29 is 26.7 Å². The van der Waals surface area contributed by atoms with Gasteiger partial charge in [-0.25, -0.2) is 8.42 Å². The topological polar surface area (TPSA) is 60.9 Å². The van der Waals surface area contributed by atoms with Crippen LogP contribution in [0.4, 0.5) is 13.2 Å². The molecule has 26 heavy (non-hydrogen) atoms. The van der Waals surface area contributed by atoms with Crippen molar-refractivity contribution in [3.63, 3.8) is 0 Å². The summed E-state index contributed by atoms with van der Waals surface area (Å²) in [5, 5.41) is 9.02. The zero-order valence-corrected chi connectivity index (χ0v) is 16.1. The third-order valence-electron chi connectivity index (χ3n) is 4.42. The molecule has 1 saturated heterocycles. The van der Waals surface area contributed by atoms with Gasteiger partial charge in [0.05, 0.1) is 21.6 Å². The number of hydrogen-bond acceptors (Lipinski definition) is 4. The molecule has 0 bridgehead atoms. The van der Waals surface area contributed by atoms with E-state index in [1.807, 2.05) is 11.8 Å². The predicted octanol–water partition coefficient (Wildman–Crippen LogP) is 2.82. The van der Waals surface area contributed by atoms with Crippen LogP contribution in [0.25, 0.3) is 0 Å². The second kappa shape index (κ2) is 8.02. The van der Waals surface area contributed by atoms with E-state index < -0.39 is 37.8 Å². The Morgan fingerprint density at radius 1 is 1.35 bits per heavy atom. The minimum Gasteiger partial charge on any atom is -0.392 e. The summed E-state index contributed by atoms with van der Waals surface area (Å²) in [6.07, 6.45) is -4.62. The summed E-state index contributed by atoms with van der Waals surface area (Å²) in [5.74, 6) is 0. The van der Waals surface area contributed by atoms with Crippen LogP contribution in [0.5, 0.6) is 0 Å². The Bertz CT molecular complexity index is 741. The molecule has 10 heteroatoms. The highest BCUT2D eigenvalue weighted by atomic mass is 35.5. The van der Waals surface area contributed by atoms with E-state index in [0.717, 1.165) is 12.1 Å². The quantitative estimate of drug-likeness (QED) is 0.804. The zero-order valence-electron chi connectivity index (χ0n) is 14.5. The Kier molecular flexibility index (Phi) is 6.61. The normalized spacial score (nSPS) is 21.7. The van der Waals surface area contributed by atoms with Gasteiger partial charge < -0.3 is 5.11 Å². The van der Waals surface area contributed by atoms with Gasteiger partial charge in [-0.1, -0.05) is 18.5 Å². The molecule has 1 fully saturated rings. The molecule has 1 aliphatic rings. The first-order chi connectivity index (χ1) is 12.0. The Morgan fingerprint density at radius 3 is 2.54 bits per heavy atom. The van der Waals surface area contributed by atoms with Crippen LogP contribution in [0.15, 0.2) is 23.1 Å². The second-order valence-electron chi connectivity index (χ2n) is 6.41. The van der Waals surface area contributed by atoms with Crippen LogP contribution in [0.3, 0.4) is 0 Å². The molecule has 5 nitrogen and oxygen atoms in total. The van der Waals surface area contributed by atoms with Crippen molar-refractivity contribution >= 4 is 21.6 Å². The summed E-state index contributed by atoms with van der Waals surface area (Å²) in [4.78, 5) is 1.58. The number of β-amino-alcohol motifs (C(OH)–C–C–N with tert-alkyl or cyclic N) is 1. The average molecular weight is 415 g/mol. The maximum atomic E-state index is 13.0. The maximum absolute atomic E-state index is 13.0. The van der Waals surface area contributed by atoms with Crippen LogP contribution >= 0.6 is 11.6 Å². The molecule has 0 aliphatic carbocycles. The van der Waals surface area contributed by atoms with E-state index in [9.17, 15) is 26.7 Å². The van der Waals surface area contributed by atoms with Crippen molar-refractivity contribution in [2.24, 2.45) is 0 Å². The molecule has 0 unspecified atom stereocenters. The summed E-state index contributed by atoms with van der Waals surface area (Å²) >= 11 is 5.57. The van der Waals surface area contributed by atoms with Crippen LogP contribution in [0.2, 0.25) is 5.02 Å². The summed E-state index contributed by atoms with van der Waals surface area (Å²) in [6.45, 7) is 4.70. The smallest absolute Gasteiger partial charge is 0.392 e. The van der Waals surface area contributed by atoms with Gasteiger partial charge in [0.15, 0.2) is 0 Å². The second-order valence-corrected chi connectivity index (χ2v) is 8.75. The molecule has 2 atom stereocenters. The number of sulfonamides is 1. The number of alkyl halides is 3. The van der Waals surface area contributed by atoms with Gasteiger partial charge in [-0.3, -0.25) is 4.90 Å². The average Bonchev–Trinajstić information content (AvgIpc) is 2.53. The van der Waals surface area contributed by atoms with Crippen LogP contribution in [-0.2, 0) is 16.2 Å². The molecular weight excluding hydrogens is 393 g/mol. The molecule has 1 N–H and O–H groups in total. The predicted molar refractivity (Wildman–Crippen MR) is 92.5 cm³/mol. The van der Waals surface area contributed by atoms with E-state index in [1.165, 1.54) is 4.31 Å². The molecule has 0 amide bonds. The number of nitrogens with zero attached hydrogens (tertiary/aromatic N) is 2. The molecule has 0 saturated carbocycles. The van der Waals surface area contributed by atoms with E-state index >= 15 is 0 Å². The molecule has 0 aromatic heterocycles. The van der Waals surface area contributed by atoms with Crippen molar-refractivity contribution in [3.8, 4) is 0 Å². The fraction of sp³-hybridized carbons (Fsp3) is 0.625. The number of aliphatic hydroxyl groups is 1. The van der Waals surface area contributed by atoms with E-state index in [1.54, 1.807) is 6.92 Å². The highest BCUT2D eigenvalue weighted by Crippen LogP contribution is 2.36. The number of piperazine rings is 1. The molecule has 148 valence electrons. The highest BCUT2D eigenvalue weighted by molar-refractivity contribution is 7.89. The first kappa shape index (κ1) is 21.4. The standard InChI is InChI=1S/C16H22ClF3N2O3S/c1-3-12-10-22(7-6-21(12)9-11(2)23)26(24,25)13-4-5-15(17)14(8-13)16(18,19)20/h4-5,8,11-12,23H,3,6-7,9-10H2,1-2H3/t11-,12-/m0/s1. The van der Waals surface area contributed by atoms with Crippen molar-refractivity contribution in [2.45, 2.75) is 43.5 Å². The number of benzene rings is 1. The third-order valence-corrected chi connectivity index (χ3v) is 6.61. The van der Waals surface area contributed by atoms with Gasteiger partial charge in [0.2, 0.25) is 10.0 Å². The van der Waals surface area contributed by atoms with Gasteiger partial charge in [0.25, 0.3) is 0 Å². The van der Waals surface area contributed by atoms with Gasteiger partial charge in [0, 0.05) is 32.2 Å². The van der Waals surface area contributed by atoms with E-state index in [2.05, 4.69) is 0 Å². The number of hydrogen-bond donors (Lipinski definition) is 1. The van der Waals surface area contributed by atoms with E-state index in [4.69, 9.17) is 11.6 Å². The summed E-state index contributed by atoms with van der Waals surface area (Å²) in [6, 6.07) is 2.53. The lowest BCUT2D eigenvalue weighted by Gasteiger charge is -2.41. The number of halogens is 4. The van der Waals surface area contributed by atoms with Crippen molar-refractivity contribution in [3.05, 3.63) is 28.8 Å². The number of aliphatic hydroxyl groups excluding tert-OH is 1. The van der Waals surface area contributed by atoms with Crippen LogP contribution < -0.4 is 0 Å². The Labute approximate surface area is 156 Å². The monoisotopic (exact) mass is 414 g/mol. The fourth-order valence-electron chi connectivity index (χ4n) is 3.08. The highest BCUT2D eigenvalue weighted by Gasteiger charge is 2.37. The van der Waals surface area contributed by atoms with Crippen molar-refractivity contribution in [1.29, 1.82) is 0 Å². The number of rotatable bonds is 5. The lowest BCUT2D eigenvalue weighted by atomic mass is 10.1.